The zero-order valence-corrected chi connectivity index (χ0v) is 16.9. The summed E-state index contributed by atoms with van der Waals surface area (Å²) in [6.45, 7) is 0. The van der Waals surface area contributed by atoms with Gasteiger partial charge in [0.1, 0.15) is 27.3 Å². The van der Waals surface area contributed by atoms with Crippen LogP contribution in [0.2, 0.25) is 0 Å². The first-order valence-corrected chi connectivity index (χ1v) is 9.94. The largest absolute Gasteiger partial charge is 0.496 e. The Bertz CT molecular complexity index is 869. The molecule has 3 rings (SSSR count). The van der Waals surface area contributed by atoms with E-state index < -0.39 is 0 Å². The van der Waals surface area contributed by atoms with Crippen LogP contribution in [-0.4, -0.2) is 30.8 Å². The second-order valence-corrected chi connectivity index (χ2v) is 7.70. The standard InChI is InChI=1S/C20H19NO4S2/c1-23-14-9-17(24-2)15(18(10-14)25-3)11-16-19(22)27-20(21-16)26-12-13-7-5-4-6-8-13/h4-11H,12H2,1-3H3/b16-11-. The Balaban J connectivity index is 1.86. The van der Waals surface area contributed by atoms with E-state index in [-0.39, 0.29) is 5.12 Å². The van der Waals surface area contributed by atoms with Crippen LogP contribution < -0.4 is 14.2 Å². The van der Waals surface area contributed by atoms with Crippen LogP contribution in [0.25, 0.3) is 6.08 Å². The van der Waals surface area contributed by atoms with Crippen molar-refractivity contribution in [1.29, 1.82) is 0 Å². The first kappa shape index (κ1) is 19.4. The monoisotopic (exact) mass is 401 g/mol. The quantitative estimate of drug-likeness (QED) is 0.659. The highest BCUT2D eigenvalue weighted by Crippen LogP contribution is 2.38. The highest BCUT2D eigenvalue weighted by Gasteiger charge is 2.24. The van der Waals surface area contributed by atoms with Crippen molar-refractivity contribution in [3.8, 4) is 17.2 Å². The number of aliphatic imine (C=N–C) groups is 1. The van der Waals surface area contributed by atoms with Gasteiger partial charge in [0.25, 0.3) is 0 Å². The molecule has 0 aliphatic carbocycles. The average molecular weight is 402 g/mol. The highest BCUT2D eigenvalue weighted by atomic mass is 32.2. The second-order valence-electron chi connectivity index (χ2n) is 5.52. The number of ether oxygens (including phenoxy) is 3. The predicted molar refractivity (Wildman–Crippen MR) is 112 cm³/mol. The number of hydrogen-bond acceptors (Lipinski definition) is 7. The van der Waals surface area contributed by atoms with Crippen molar-refractivity contribution in [2.24, 2.45) is 4.99 Å². The lowest BCUT2D eigenvalue weighted by Crippen LogP contribution is -1.96. The number of rotatable bonds is 6. The molecule has 0 saturated carbocycles. The minimum Gasteiger partial charge on any atom is -0.496 e. The third-order valence-corrected chi connectivity index (χ3v) is 5.92. The summed E-state index contributed by atoms with van der Waals surface area (Å²) in [4.78, 5) is 16.9. The van der Waals surface area contributed by atoms with Gasteiger partial charge in [-0.3, -0.25) is 4.79 Å². The summed E-state index contributed by atoms with van der Waals surface area (Å²) >= 11 is 2.70. The van der Waals surface area contributed by atoms with Gasteiger partial charge in [-0.1, -0.05) is 42.1 Å². The molecule has 0 fully saturated rings. The lowest BCUT2D eigenvalue weighted by Gasteiger charge is -2.12. The Kier molecular flexibility index (Phi) is 6.47. The SMILES string of the molecule is COc1cc(OC)c(/C=C2\N=C(SCc3ccccc3)SC2=O)c(OC)c1. The number of thioether (sulfide) groups is 2. The normalized spacial score (nSPS) is 15.0. The molecule has 1 aliphatic rings. The van der Waals surface area contributed by atoms with Crippen LogP contribution in [0.1, 0.15) is 11.1 Å². The molecule has 2 aromatic rings. The summed E-state index contributed by atoms with van der Waals surface area (Å²) in [5.74, 6) is 2.48. The van der Waals surface area contributed by atoms with E-state index in [4.69, 9.17) is 14.2 Å². The number of carbonyl (C=O) groups is 1. The number of hydrogen-bond donors (Lipinski definition) is 0. The van der Waals surface area contributed by atoms with E-state index in [2.05, 4.69) is 17.1 Å². The summed E-state index contributed by atoms with van der Waals surface area (Å²) in [6.07, 6.45) is 1.70. The molecule has 5 nitrogen and oxygen atoms in total. The molecule has 7 heteroatoms. The van der Waals surface area contributed by atoms with Gasteiger partial charge in [-0.25, -0.2) is 4.99 Å². The minimum absolute atomic E-state index is 0.0921. The number of carbonyl (C=O) groups excluding carboxylic acids is 1. The molecule has 1 heterocycles. The first-order valence-electron chi connectivity index (χ1n) is 8.14. The van der Waals surface area contributed by atoms with Crippen LogP contribution in [0, 0.1) is 0 Å². The maximum atomic E-state index is 12.4. The highest BCUT2D eigenvalue weighted by molar-refractivity contribution is 8.45. The summed E-state index contributed by atoms with van der Waals surface area (Å²) < 4.78 is 16.9. The average Bonchev–Trinajstić information content (AvgIpc) is 3.06. The molecule has 0 spiro atoms. The maximum Gasteiger partial charge on any atom is 0.244 e. The van der Waals surface area contributed by atoms with Crippen LogP contribution in [0.4, 0.5) is 0 Å². The van der Waals surface area contributed by atoms with E-state index in [0.29, 0.717) is 28.5 Å². The van der Waals surface area contributed by atoms with Gasteiger partial charge in [-0.2, -0.15) is 0 Å². The van der Waals surface area contributed by atoms with Crippen molar-refractivity contribution in [2.75, 3.05) is 21.3 Å². The van der Waals surface area contributed by atoms with E-state index in [1.165, 1.54) is 5.56 Å². The molecule has 0 N–H and O–H groups in total. The zero-order valence-electron chi connectivity index (χ0n) is 15.2. The molecule has 0 amide bonds. The van der Waals surface area contributed by atoms with E-state index in [1.807, 2.05) is 18.2 Å². The molecule has 0 bridgehead atoms. The van der Waals surface area contributed by atoms with Gasteiger partial charge in [-0.15, -0.1) is 0 Å². The fourth-order valence-corrected chi connectivity index (χ4v) is 4.28. The van der Waals surface area contributed by atoms with Crippen LogP contribution in [-0.2, 0) is 10.5 Å². The molecule has 0 unspecified atom stereocenters. The van der Waals surface area contributed by atoms with Crippen molar-refractivity contribution in [2.45, 2.75) is 5.75 Å². The first-order chi connectivity index (χ1) is 13.1. The van der Waals surface area contributed by atoms with Crippen LogP contribution in [0.3, 0.4) is 0 Å². The number of methoxy groups -OCH3 is 3. The molecule has 0 atom stereocenters. The Morgan fingerprint density at radius 2 is 1.70 bits per heavy atom. The van der Waals surface area contributed by atoms with Crippen molar-refractivity contribution in [3.63, 3.8) is 0 Å². The van der Waals surface area contributed by atoms with Gasteiger partial charge < -0.3 is 14.2 Å². The lowest BCUT2D eigenvalue weighted by atomic mass is 10.1. The van der Waals surface area contributed by atoms with Crippen molar-refractivity contribution < 1.29 is 19.0 Å². The van der Waals surface area contributed by atoms with Gasteiger partial charge in [0.2, 0.25) is 5.12 Å². The predicted octanol–water partition coefficient (Wildman–Crippen LogP) is 4.62. The van der Waals surface area contributed by atoms with Crippen molar-refractivity contribution in [1.82, 2.24) is 0 Å². The summed E-state index contributed by atoms with van der Waals surface area (Å²) in [5, 5.41) is -0.0921. The van der Waals surface area contributed by atoms with Gasteiger partial charge in [0.05, 0.1) is 26.9 Å². The molecule has 0 aromatic heterocycles. The Morgan fingerprint density at radius 3 is 2.30 bits per heavy atom. The van der Waals surface area contributed by atoms with Gasteiger partial charge in [0, 0.05) is 17.9 Å². The van der Waals surface area contributed by atoms with E-state index in [9.17, 15) is 4.79 Å². The zero-order chi connectivity index (χ0) is 19.2. The van der Waals surface area contributed by atoms with Gasteiger partial charge >= 0.3 is 0 Å². The number of nitrogens with zero attached hydrogens (tertiary/aromatic N) is 1. The van der Waals surface area contributed by atoms with Crippen molar-refractivity contribution in [3.05, 3.63) is 59.3 Å². The van der Waals surface area contributed by atoms with E-state index >= 15 is 0 Å². The van der Waals surface area contributed by atoms with Gasteiger partial charge in [-0.05, 0) is 23.4 Å². The third-order valence-electron chi connectivity index (χ3n) is 3.84. The summed E-state index contributed by atoms with van der Waals surface area (Å²) in [7, 11) is 4.70. The Morgan fingerprint density at radius 1 is 1.04 bits per heavy atom. The molecular formula is C20H19NO4S2. The smallest absolute Gasteiger partial charge is 0.244 e. The molecule has 140 valence electrons. The van der Waals surface area contributed by atoms with Gasteiger partial charge in [0.15, 0.2) is 0 Å². The second kappa shape index (κ2) is 9.01. The van der Waals surface area contributed by atoms with Crippen molar-refractivity contribution >= 4 is 39.1 Å². The summed E-state index contributed by atoms with van der Waals surface area (Å²) in [6, 6.07) is 13.6. The van der Waals surface area contributed by atoms with Crippen LogP contribution in [0.15, 0.2) is 53.2 Å². The molecule has 27 heavy (non-hydrogen) atoms. The maximum absolute atomic E-state index is 12.4. The molecule has 0 saturated heterocycles. The van der Waals surface area contributed by atoms with E-state index in [0.717, 1.165) is 21.9 Å². The topological polar surface area (TPSA) is 57.1 Å². The number of benzene rings is 2. The fraction of sp³-hybridized carbons (Fsp3) is 0.200. The van der Waals surface area contributed by atoms with Crippen LogP contribution >= 0.6 is 23.5 Å². The molecule has 2 aromatic carbocycles. The molecular weight excluding hydrogens is 382 g/mol. The summed E-state index contributed by atoms with van der Waals surface area (Å²) in [5.41, 5.74) is 2.22. The Labute approximate surface area is 166 Å². The van der Waals surface area contributed by atoms with E-state index in [1.54, 1.807) is 51.3 Å². The molecule has 0 radical (unpaired) electrons. The fourth-order valence-electron chi connectivity index (χ4n) is 2.48. The lowest BCUT2D eigenvalue weighted by molar-refractivity contribution is -0.107. The third kappa shape index (κ3) is 4.67. The van der Waals surface area contributed by atoms with Crippen LogP contribution in [0.5, 0.6) is 17.2 Å². The molecule has 1 aliphatic heterocycles. The minimum atomic E-state index is -0.0921. The Hall–Kier alpha value is -2.38.